The molecule has 1 aliphatic rings. The van der Waals surface area contributed by atoms with Crippen LogP contribution in [0, 0.1) is 5.92 Å². The second-order valence-corrected chi connectivity index (χ2v) is 15.9. The quantitative estimate of drug-likeness (QED) is 0.327. The first-order valence-electron chi connectivity index (χ1n) is 14.7. The number of nitrogens with zero attached hydrogens (tertiary/aromatic N) is 1. The highest BCUT2D eigenvalue weighted by Crippen LogP contribution is 2.37. The standard InChI is InChI=1S/C32H51N3O5S/c1-30(2,3)25-17-23(15-16-28(25)41(38,39)34-31(4,5)6)26-18-24(29(36)33-21-32(7,8)37)27(20-40-9)35(26)19-22-13-11-10-12-14-22/h15-18,22,34,37H,10-14,19-21H2,1-9H3,(H,33,36). The summed E-state index contributed by atoms with van der Waals surface area (Å²) in [5, 5.41) is 13.1. The molecule has 1 aromatic heterocycles. The molecular weight excluding hydrogens is 538 g/mol. The number of methoxy groups -OCH3 is 1. The van der Waals surface area contributed by atoms with Crippen LogP contribution in [0.3, 0.4) is 0 Å². The third-order valence-electron chi connectivity index (χ3n) is 7.39. The third-order valence-corrected chi connectivity index (χ3v) is 9.21. The number of carbonyl (C=O) groups is 1. The Balaban J connectivity index is 2.21. The Morgan fingerprint density at radius 3 is 2.20 bits per heavy atom. The van der Waals surface area contributed by atoms with Crippen molar-refractivity contribution in [2.75, 3.05) is 13.7 Å². The fraction of sp³-hybridized carbons (Fsp3) is 0.656. The number of aromatic nitrogens is 1. The first-order chi connectivity index (χ1) is 18.8. The molecule has 3 rings (SSSR count). The molecule has 1 saturated carbocycles. The Morgan fingerprint density at radius 1 is 1.02 bits per heavy atom. The summed E-state index contributed by atoms with van der Waals surface area (Å²) in [5.74, 6) is 0.211. The molecule has 0 radical (unpaired) electrons. The number of benzene rings is 1. The van der Waals surface area contributed by atoms with E-state index in [2.05, 4.69) is 14.6 Å². The monoisotopic (exact) mass is 589 g/mol. The highest BCUT2D eigenvalue weighted by Gasteiger charge is 2.31. The number of hydrogen-bond donors (Lipinski definition) is 3. The fourth-order valence-electron chi connectivity index (χ4n) is 5.51. The second kappa shape index (κ2) is 12.6. The van der Waals surface area contributed by atoms with Crippen LogP contribution in [-0.4, -0.2) is 48.8 Å². The average molecular weight is 590 g/mol. The van der Waals surface area contributed by atoms with Gasteiger partial charge in [0, 0.05) is 31.4 Å². The van der Waals surface area contributed by atoms with Gasteiger partial charge in [0.1, 0.15) is 0 Å². The molecule has 0 aliphatic heterocycles. The molecule has 41 heavy (non-hydrogen) atoms. The number of nitrogens with one attached hydrogen (secondary N) is 2. The summed E-state index contributed by atoms with van der Waals surface area (Å²) < 4.78 is 37.5. The van der Waals surface area contributed by atoms with Gasteiger partial charge in [-0.25, -0.2) is 13.1 Å². The summed E-state index contributed by atoms with van der Waals surface area (Å²) in [4.78, 5) is 13.7. The molecular formula is C32H51N3O5S. The lowest BCUT2D eigenvalue weighted by Gasteiger charge is -2.27. The van der Waals surface area contributed by atoms with Crippen LogP contribution in [0.25, 0.3) is 11.3 Å². The average Bonchev–Trinajstić information content (AvgIpc) is 3.18. The van der Waals surface area contributed by atoms with Gasteiger partial charge in [-0.3, -0.25) is 4.79 Å². The molecule has 1 aliphatic carbocycles. The largest absolute Gasteiger partial charge is 0.389 e. The van der Waals surface area contributed by atoms with Crippen molar-refractivity contribution in [1.29, 1.82) is 0 Å². The van der Waals surface area contributed by atoms with Gasteiger partial charge in [0.05, 0.1) is 28.4 Å². The summed E-state index contributed by atoms with van der Waals surface area (Å²) in [5.41, 5.74) is 1.57. The van der Waals surface area contributed by atoms with Crippen molar-refractivity contribution in [3.63, 3.8) is 0 Å². The zero-order valence-corrected chi connectivity index (χ0v) is 27.3. The van der Waals surface area contributed by atoms with Crippen molar-refractivity contribution in [2.24, 2.45) is 5.92 Å². The highest BCUT2D eigenvalue weighted by atomic mass is 32.2. The Labute approximate surface area is 247 Å². The maximum atomic E-state index is 13.5. The van der Waals surface area contributed by atoms with Gasteiger partial charge in [-0.05, 0) is 88.1 Å². The zero-order valence-electron chi connectivity index (χ0n) is 26.5. The van der Waals surface area contributed by atoms with E-state index in [1.54, 1.807) is 27.0 Å². The van der Waals surface area contributed by atoms with E-state index in [9.17, 15) is 18.3 Å². The lowest BCUT2D eigenvalue weighted by atomic mass is 9.85. The summed E-state index contributed by atoms with van der Waals surface area (Å²) in [7, 11) is -2.15. The van der Waals surface area contributed by atoms with E-state index in [0.29, 0.717) is 17.0 Å². The fourth-order valence-corrected chi connectivity index (χ4v) is 7.33. The maximum absolute atomic E-state index is 13.5. The van der Waals surface area contributed by atoms with E-state index in [1.807, 2.05) is 59.7 Å². The summed E-state index contributed by atoms with van der Waals surface area (Å²) in [6.45, 7) is 15.9. The molecule has 8 nitrogen and oxygen atoms in total. The first-order valence-corrected chi connectivity index (χ1v) is 16.2. The molecule has 1 fully saturated rings. The number of amides is 1. The van der Waals surface area contributed by atoms with E-state index in [1.165, 1.54) is 19.3 Å². The number of aliphatic hydroxyl groups is 1. The van der Waals surface area contributed by atoms with Crippen LogP contribution in [0.4, 0.5) is 0 Å². The Morgan fingerprint density at radius 2 is 1.66 bits per heavy atom. The van der Waals surface area contributed by atoms with Crippen LogP contribution in [0.15, 0.2) is 29.2 Å². The summed E-state index contributed by atoms with van der Waals surface area (Å²) in [6.07, 6.45) is 5.90. The molecule has 1 amide bonds. The number of hydrogen-bond acceptors (Lipinski definition) is 5. The van der Waals surface area contributed by atoms with Gasteiger partial charge in [-0.1, -0.05) is 46.1 Å². The van der Waals surface area contributed by atoms with E-state index in [0.717, 1.165) is 36.3 Å². The van der Waals surface area contributed by atoms with Gasteiger partial charge in [0.25, 0.3) is 5.91 Å². The predicted octanol–water partition coefficient (Wildman–Crippen LogP) is 5.76. The van der Waals surface area contributed by atoms with Crippen molar-refractivity contribution < 1.29 is 23.1 Å². The van der Waals surface area contributed by atoms with E-state index in [-0.39, 0.29) is 24.0 Å². The van der Waals surface area contributed by atoms with Crippen molar-refractivity contribution in [1.82, 2.24) is 14.6 Å². The SMILES string of the molecule is COCc1c(C(=O)NCC(C)(C)O)cc(-c2ccc(S(=O)(=O)NC(C)(C)C)c(C(C)(C)C)c2)n1CC1CCCCC1. The predicted molar refractivity (Wildman–Crippen MR) is 165 cm³/mol. The molecule has 0 atom stereocenters. The molecule has 2 aromatic rings. The lowest BCUT2D eigenvalue weighted by molar-refractivity contribution is 0.0692. The van der Waals surface area contributed by atoms with Crippen molar-refractivity contribution in [3.05, 3.63) is 41.1 Å². The van der Waals surface area contributed by atoms with Gasteiger partial charge in [-0.2, -0.15) is 0 Å². The van der Waals surface area contributed by atoms with Crippen LogP contribution in [0.1, 0.15) is 109 Å². The van der Waals surface area contributed by atoms with Gasteiger partial charge in [-0.15, -0.1) is 0 Å². The normalized spacial score (nSPS) is 15.8. The minimum absolute atomic E-state index is 0.114. The second-order valence-electron chi connectivity index (χ2n) is 14.2. The van der Waals surface area contributed by atoms with Crippen molar-refractivity contribution in [3.8, 4) is 11.3 Å². The van der Waals surface area contributed by atoms with Gasteiger partial charge < -0.3 is 19.7 Å². The molecule has 0 saturated heterocycles. The number of rotatable bonds is 10. The van der Waals surface area contributed by atoms with Crippen molar-refractivity contribution >= 4 is 15.9 Å². The van der Waals surface area contributed by atoms with Gasteiger partial charge >= 0.3 is 0 Å². The maximum Gasteiger partial charge on any atom is 0.253 e. The van der Waals surface area contributed by atoms with Crippen molar-refractivity contribution in [2.45, 2.75) is 122 Å². The molecule has 3 N–H and O–H groups in total. The first kappa shape index (κ1) is 33.3. The van der Waals surface area contributed by atoms with Crippen LogP contribution in [0.5, 0.6) is 0 Å². The Hall–Kier alpha value is -2.20. The van der Waals surface area contributed by atoms with E-state index < -0.39 is 26.6 Å². The lowest BCUT2D eigenvalue weighted by Crippen LogP contribution is -2.41. The minimum atomic E-state index is -3.77. The summed E-state index contributed by atoms with van der Waals surface area (Å²) >= 11 is 0. The minimum Gasteiger partial charge on any atom is -0.389 e. The Kier molecular flexibility index (Phi) is 10.2. The van der Waals surface area contributed by atoms with Gasteiger partial charge in [0.2, 0.25) is 10.0 Å². The number of sulfonamides is 1. The molecule has 9 heteroatoms. The van der Waals surface area contributed by atoms with Crippen LogP contribution < -0.4 is 10.0 Å². The van der Waals surface area contributed by atoms with Crippen LogP contribution in [0.2, 0.25) is 0 Å². The Bertz CT molecular complexity index is 1320. The molecule has 0 bridgehead atoms. The zero-order chi connectivity index (χ0) is 30.8. The molecule has 0 spiro atoms. The molecule has 1 heterocycles. The number of ether oxygens (including phenoxy) is 1. The smallest absolute Gasteiger partial charge is 0.253 e. The van der Waals surface area contributed by atoms with E-state index in [4.69, 9.17) is 4.74 Å². The molecule has 0 unspecified atom stereocenters. The third kappa shape index (κ3) is 8.89. The van der Waals surface area contributed by atoms with Crippen LogP contribution >= 0.6 is 0 Å². The number of carbonyl (C=O) groups excluding carboxylic acids is 1. The molecule has 230 valence electrons. The highest BCUT2D eigenvalue weighted by molar-refractivity contribution is 7.89. The van der Waals surface area contributed by atoms with E-state index >= 15 is 0 Å². The van der Waals surface area contributed by atoms with Crippen LogP contribution in [-0.2, 0) is 33.3 Å². The summed E-state index contributed by atoms with van der Waals surface area (Å²) in [6, 6.07) is 7.37. The van der Waals surface area contributed by atoms with Gasteiger partial charge in [0.15, 0.2) is 0 Å². The molecule has 1 aromatic carbocycles. The topological polar surface area (TPSA) is 110 Å².